The average Bonchev–Trinajstić information content (AvgIpc) is 3.16. The molecule has 0 atom stereocenters. The molecular formula is C16H10Cl2N4OS. The topological polar surface area (TPSA) is 63.1 Å². The number of ketones is 1. The van der Waals surface area contributed by atoms with E-state index >= 15 is 0 Å². The van der Waals surface area contributed by atoms with Crippen molar-refractivity contribution in [3.63, 3.8) is 0 Å². The Bertz CT molecular complexity index is 1070. The van der Waals surface area contributed by atoms with Crippen LogP contribution in [0.3, 0.4) is 0 Å². The summed E-state index contributed by atoms with van der Waals surface area (Å²) in [7, 11) is 0. The summed E-state index contributed by atoms with van der Waals surface area (Å²) in [5.41, 5.74) is 2.13. The molecule has 3 aromatic heterocycles. The van der Waals surface area contributed by atoms with E-state index in [1.165, 1.54) is 11.8 Å². The van der Waals surface area contributed by atoms with Gasteiger partial charge in [-0.2, -0.15) is 0 Å². The van der Waals surface area contributed by atoms with Crippen molar-refractivity contribution in [3.05, 3.63) is 58.3 Å². The van der Waals surface area contributed by atoms with Gasteiger partial charge < -0.3 is 4.98 Å². The number of hydrogen-bond donors (Lipinski definition) is 1. The normalized spacial score (nSPS) is 11.4. The van der Waals surface area contributed by atoms with Gasteiger partial charge in [-0.1, -0.05) is 53.2 Å². The van der Waals surface area contributed by atoms with Crippen molar-refractivity contribution in [3.8, 4) is 0 Å². The number of aromatic nitrogens is 4. The van der Waals surface area contributed by atoms with Crippen LogP contribution in [0.4, 0.5) is 0 Å². The van der Waals surface area contributed by atoms with Gasteiger partial charge in [-0.3, -0.25) is 9.20 Å². The number of H-pyrrole nitrogens is 1. The Balaban J connectivity index is 1.60. The SMILES string of the molecule is O=C(CSc1nnc2c(Cl)cc(Cl)cn12)c1c[nH]c2ccccc12. The monoisotopic (exact) mass is 376 g/mol. The molecule has 5 nitrogen and oxygen atoms in total. The summed E-state index contributed by atoms with van der Waals surface area (Å²) in [6.07, 6.45) is 3.42. The van der Waals surface area contributed by atoms with E-state index in [1.54, 1.807) is 22.9 Å². The summed E-state index contributed by atoms with van der Waals surface area (Å²) in [6, 6.07) is 9.32. The van der Waals surface area contributed by atoms with E-state index in [0.29, 0.717) is 26.4 Å². The summed E-state index contributed by atoms with van der Waals surface area (Å²) in [4.78, 5) is 15.6. The number of rotatable bonds is 4. The van der Waals surface area contributed by atoms with Crippen molar-refractivity contribution in [2.75, 3.05) is 5.75 Å². The van der Waals surface area contributed by atoms with E-state index in [0.717, 1.165) is 10.9 Å². The number of fused-ring (bicyclic) bond motifs is 2. The molecule has 0 radical (unpaired) electrons. The van der Waals surface area contributed by atoms with Gasteiger partial charge in [-0.15, -0.1) is 10.2 Å². The number of carbonyl (C=O) groups is 1. The lowest BCUT2D eigenvalue weighted by Gasteiger charge is -2.01. The molecule has 120 valence electrons. The van der Waals surface area contributed by atoms with Crippen molar-refractivity contribution in [1.29, 1.82) is 0 Å². The Morgan fingerprint density at radius 3 is 2.96 bits per heavy atom. The molecule has 0 unspecified atom stereocenters. The number of thioether (sulfide) groups is 1. The largest absolute Gasteiger partial charge is 0.360 e. The van der Waals surface area contributed by atoms with E-state index in [9.17, 15) is 4.79 Å². The Kier molecular flexibility index (Phi) is 3.96. The minimum Gasteiger partial charge on any atom is -0.360 e. The van der Waals surface area contributed by atoms with E-state index < -0.39 is 0 Å². The second-order valence-electron chi connectivity index (χ2n) is 5.14. The first-order chi connectivity index (χ1) is 11.6. The van der Waals surface area contributed by atoms with Gasteiger partial charge in [0.15, 0.2) is 16.6 Å². The number of halogens is 2. The van der Waals surface area contributed by atoms with Crippen molar-refractivity contribution in [2.24, 2.45) is 0 Å². The van der Waals surface area contributed by atoms with Gasteiger partial charge >= 0.3 is 0 Å². The molecule has 8 heteroatoms. The summed E-state index contributed by atoms with van der Waals surface area (Å²) in [5.74, 6) is 0.259. The summed E-state index contributed by atoms with van der Waals surface area (Å²) < 4.78 is 1.69. The van der Waals surface area contributed by atoms with Crippen molar-refractivity contribution in [1.82, 2.24) is 19.6 Å². The van der Waals surface area contributed by atoms with Crippen LogP contribution in [0, 0.1) is 0 Å². The maximum atomic E-state index is 12.5. The lowest BCUT2D eigenvalue weighted by Crippen LogP contribution is -2.02. The third kappa shape index (κ3) is 2.66. The molecule has 0 amide bonds. The van der Waals surface area contributed by atoms with Crippen LogP contribution in [0.1, 0.15) is 10.4 Å². The molecule has 3 heterocycles. The quantitative estimate of drug-likeness (QED) is 0.420. The van der Waals surface area contributed by atoms with Gasteiger partial charge in [0, 0.05) is 28.9 Å². The Hall–Kier alpha value is -2.02. The number of para-hydroxylation sites is 1. The van der Waals surface area contributed by atoms with Gasteiger partial charge in [0.05, 0.1) is 15.8 Å². The second-order valence-corrected chi connectivity index (χ2v) is 6.93. The third-order valence-corrected chi connectivity index (χ3v) is 5.05. The Morgan fingerprint density at radius 1 is 1.25 bits per heavy atom. The molecule has 0 fully saturated rings. The summed E-state index contributed by atoms with van der Waals surface area (Å²) >= 11 is 13.4. The molecule has 4 rings (SSSR count). The number of pyridine rings is 1. The van der Waals surface area contributed by atoms with Gasteiger partial charge in [-0.05, 0) is 12.1 Å². The van der Waals surface area contributed by atoms with Crippen LogP contribution in [0.25, 0.3) is 16.6 Å². The standard InChI is InChI=1S/C16H10Cl2N4OS/c17-9-5-12(18)15-20-21-16(22(15)7-9)24-8-14(23)11-6-19-13-4-2-1-3-10(11)13/h1-7,19H,8H2. The highest BCUT2D eigenvalue weighted by Gasteiger charge is 2.15. The van der Waals surface area contributed by atoms with E-state index in [2.05, 4.69) is 15.2 Å². The fourth-order valence-electron chi connectivity index (χ4n) is 2.51. The minimum atomic E-state index is 0.0160. The maximum absolute atomic E-state index is 12.5. The maximum Gasteiger partial charge on any atom is 0.196 e. The first-order valence-corrected chi connectivity index (χ1v) is 8.79. The lowest BCUT2D eigenvalue weighted by atomic mass is 10.1. The number of Topliss-reactive ketones (excluding diaryl/α,β-unsaturated/α-hetero) is 1. The van der Waals surface area contributed by atoms with Gasteiger partial charge in [0.2, 0.25) is 0 Å². The van der Waals surface area contributed by atoms with Gasteiger partial charge in [0.25, 0.3) is 0 Å². The molecule has 1 aromatic carbocycles. The number of nitrogens with one attached hydrogen (secondary N) is 1. The molecule has 0 saturated carbocycles. The summed E-state index contributed by atoms with van der Waals surface area (Å²) in [5, 5.41) is 10.5. The molecule has 1 N–H and O–H groups in total. The Labute approximate surface area is 151 Å². The Morgan fingerprint density at radius 2 is 2.08 bits per heavy atom. The number of carbonyl (C=O) groups excluding carboxylic acids is 1. The number of aromatic amines is 1. The fraction of sp³-hybridized carbons (Fsp3) is 0.0625. The number of nitrogens with zero attached hydrogens (tertiary/aromatic N) is 3. The zero-order valence-electron chi connectivity index (χ0n) is 12.2. The van der Waals surface area contributed by atoms with Crippen LogP contribution in [0.2, 0.25) is 10.0 Å². The third-order valence-electron chi connectivity index (χ3n) is 3.62. The first-order valence-electron chi connectivity index (χ1n) is 7.05. The zero-order valence-corrected chi connectivity index (χ0v) is 14.5. The molecule has 24 heavy (non-hydrogen) atoms. The first kappa shape index (κ1) is 15.5. The summed E-state index contributed by atoms with van der Waals surface area (Å²) in [6.45, 7) is 0. The molecular weight excluding hydrogens is 367 g/mol. The van der Waals surface area contributed by atoms with Crippen LogP contribution < -0.4 is 0 Å². The molecule has 0 aliphatic heterocycles. The van der Waals surface area contributed by atoms with Crippen LogP contribution in [0.5, 0.6) is 0 Å². The smallest absolute Gasteiger partial charge is 0.196 e. The van der Waals surface area contributed by atoms with E-state index in [1.807, 2.05) is 24.3 Å². The molecule has 0 bridgehead atoms. The van der Waals surface area contributed by atoms with Gasteiger partial charge in [0.1, 0.15) is 0 Å². The fourth-order valence-corrected chi connectivity index (χ4v) is 3.81. The van der Waals surface area contributed by atoms with Crippen LogP contribution in [-0.4, -0.2) is 31.1 Å². The zero-order chi connectivity index (χ0) is 16.7. The van der Waals surface area contributed by atoms with Gasteiger partial charge in [-0.25, -0.2) is 0 Å². The number of benzene rings is 1. The average molecular weight is 377 g/mol. The van der Waals surface area contributed by atoms with Crippen LogP contribution in [-0.2, 0) is 0 Å². The minimum absolute atomic E-state index is 0.0160. The van der Waals surface area contributed by atoms with Crippen molar-refractivity contribution < 1.29 is 4.79 Å². The highest BCUT2D eigenvalue weighted by Crippen LogP contribution is 2.26. The second kappa shape index (κ2) is 6.12. The number of hydrogen-bond acceptors (Lipinski definition) is 4. The molecule has 0 aliphatic rings. The highest BCUT2D eigenvalue weighted by atomic mass is 35.5. The van der Waals surface area contributed by atoms with Crippen molar-refractivity contribution in [2.45, 2.75) is 5.16 Å². The molecule has 0 saturated heterocycles. The van der Waals surface area contributed by atoms with Crippen LogP contribution in [0.15, 0.2) is 47.9 Å². The van der Waals surface area contributed by atoms with E-state index in [-0.39, 0.29) is 11.5 Å². The highest BCUT2D eigenvalue weighted by molar-refractivity contribution is 7.99. The van der Waals surface area contributed by atoms with Crippen molar-refractivity contribution >= 4 is 57.3 Å². The predicted octanol–water partition coefficient (Wildman–Crippen LogP) is 4.49. The van der Waals surface area contributed by atoms with E-state index in [4.69, 9.17) is 23.2 Å². The molecule has 0 aliphatic carbocycles. The molecule has 0 spiro atoms. The lowest BCUT2D eigenvalue weighted by molar-refractivity contribution is 0.102. The van der Waals surface area contributed by atoms with Crippen LogP contribution >= 0.6 is 35.0 Å². The molecule has 4 aromatic rings. The predicted molar refractivity (Wildman–Crippen MR) is 96.4 cm³/mol.